The van der Waals surface area contributed by atoms with Gasteiger partial charge in [0, 0.05) is 34.4 Å². The molecule has 0 aliphatic carbocycles. The summed E-state index contributed by atoms with van der Waals surface area (Å²) in [7, 11) is 0. The first-order valence-corrected chi connectivity index (χ1v) is 8.13. The Labute approximate surface area is 138 Å². The van der Waals surface area contributed by atoms with Crippen LogP contribution in [0.25, 0.3) is 0 Å². The van der Waals surface area contributed by atoms with E-state index in [0.29, 0.717) is 16.6 Å². The van der Waals surface area contributed by atoms with E-state index >= 15 is 0 Å². The van der Waals surface area contributed by atoms with Gasteiger partial charge in [-0.05, 0) is 36.1 Å². The fourth-order valence-electron chi connectivity index (χ4n) is 1.99. The van der Waals surface area contributed by atoms with E-state index in [-0.39, 0.29) is 11.9 Å². The SMILES string of the molecule is CC(=O)Nc1ccsc1CNC(C)c1ccc(Cl)cc1Cl. The molecule has 1 aromatic carbocycles. The maximum atomic E-state index is 11.1. The number of anilines is 1. The summed E-state index contributed by atoms with van der Waals surface area (Å²) < 4.78 is 0. The van der Waals surface area contributed by atoms with Crippen molar-refractivity contribution < 1.29 is 4.79 Å². The van der Waals surface area contributed by atoms with Crippen molar-refractivity contribution >= 4 is 46.1 Å². The standard InChI is InChI=1S/C15H16Cl2N2OS/c1-9(12-4-3-11(16)7-13(12)17)18-8-15-14(5-6-21-15)19-10(2)20/h3-7,9,18H,8H2,1-2H3,(H,19,20). The number of thiophene rings is 1. The van der Waals surface area contributed by atoms with Crippen LogP contribution in [0.15, 0.2) is 29.6 Å². The van der Waals surface area contributed by atoms with Gasteiger partial charge < -0.3 is 10.6 Å². The van der Waals surface area contributed by atoms with Gasteiger partial charge in [-0.1, -0.05) is 29.3 Å². The molecule has 112 valence electrons. The average molecular weight is 343 g/mol. The van der Waals surface area contributed by atoms with Gasteiger partial charge in [0.15, 0.2) is 0 Å². The zero-order chi connectivity index (χ0) is 15.4. The highest BCUT2D eigenvalue weighted by Gasteiger charge is 2.12. The van der Waals surface area contributed by atoms with Crippen molar-refractivity contribution in [3.05, 3.63) is 50.1 Å². The molecule has 0 bridgehead atoms. The molecule has 1 amide bonds. The van der Waals surface area contributed by atoms with Crippen LogP contribution in [0.4, 0.5) is 5.69 Å². The largest absolute Gasteiger partial charge is 0.325 e. The lowest BCUT2D eigenvalue weighted by atomic mass is 10.1. The molecule has 0 aliphatic heterocycles. The summed E-state index contributed by atoms with van der Waals surface area (Å²) in [5.41, 5.74) is 1.85. The lowest BCUT2D eigenvalue weighted by Gasteiger charge is -2.16. The molecule has 2 aromatic rings. The fraction of sp³-hybridized carbons (Fsp3) is 0.267. The van der Waals surface area contributed by atoms with E-state index in [2.05, 4.69) is 10.6 Å². The van der Waals surface area contributed by atoms with Crippen LogP contribution >= 0.6 is 34.5 Å². The Morgan fingerprint density at radius 2 is 2.10 bits per heavy atom. The molecule has 0 fully saturated rings. The quantitative estimate of drug-likeness (QED) is 0.814. The van der Waals surface area contributed by atoms with Crippen molar-refractivity contribution in [2.75, 3.05) is 5.32 Å². The van der Waals surface area contributed by atoms with Crippen LogP contribution in [0.2, 0.25) is 10.0 Å². The zero-order valence-electron chi connectivity index (χ0n) is 11.7. The summed E-state index contributed by atoms with van der Waals surface area (Å²) in [6, 6.07) is 7.48. The predicted octanol–water partition coefficient (Wildman–Crippen LogP) is 4.86. The Bertz CT molecular complexity index is 642. The van der Waals surface area contributed by atoms with E-state index in [0.717, 1.165) is 16.1 Å². The first kappa shape index (κ1) is 16.3. The third-order valence-corrected chi connectivity index (χ3v) is 4.54. The predicted molar refractivity (Wildman–Crippen MR) is 90.3 cm³/mol. The minimum absolute atomic E-state index is 0.0663. The smallest absolute Gasteiger partial charge is 0.221 e. The molecule has 0 saturated carbocycles. The molecule has 2 N–H and O–H groups in total. The van der Waals surface area contributed by atoms with Gasteiger partial charge in [-0.2, -0.15) is 0 Å². The molecule has 21 heavy (non-hydrogen) atoms. The van der Waals surface area contributed by atoms with Crippen molar-refractivity contribution in [1.29, 1.82) is 0 Å². The minimum atomic E-state index is -0.0663. The van der Waals surface area contributed by atoms with Gasteiger partial charge in [0.2, 0.25) is 5.91 Å². The van der Waals surface area contributed by atoms with Gasteiger partial charge in [-0.25, -0.2) is 0 Å². The second kappa shape index (κ2) is 7.27. The second-order valence-electron chi connectivity index (χ2n) is 4.71. The number of hydrogen-bond acceptors (Lipinski definition) is 3. The van der Waals surface area contributed by atoms with Crippen LogP contribution in [0, 0.1) is 0 Å². The summed E-state index contributed by atoms with van der Waals surface area (Å²) in [6.45, 7) is 4.21. The van der Waals surface area contributed by atoms with Crippen LogP contribution in [-0.2, 0) is 11.3 Å². The van der Waals surface area contributed by atoms with E-state index in [1.54, 1.807) is 17.4 Å². The summed E-state index contributed by atoms with van der Waals surface area (Å²) >= 11 is 13.7. The van der Waals surface area contributed by atoms with Crippen LogP contribution in [-0.4, -0.2) is 5.91 Å². The molecule has 1 atom stereocenters. The van der Waals surface area contributed by atoms with Crippen molar-refractivity contribution in [1.82, 2.24) is 5.32 Å². The molecule has 1 unspecified atom stereocenters. The van der Waals surface area contributed by atoms with Crippen molar-refractivity contribution in [3.8, 4) is 0 Å². The highest BCUT2D eigenvalue weighted by molar-refractivity contribution is 7.10. The van der Waals surface area contributed by atoms with Gasteiger partial charge in [-0.15, -0.1) is 11.3 Å². The van der Waals surface area contributed by atoms with E-state index < -0.39 is 0 Å². The number of carbonyl (C=O) groups is 1. The number of rotatable bonds is 5. The third-order valence-electron chi connectivity index (χ3n) is 3.05. The van der Waals surface area contributed by atoms with Gasteiger partial charge in [-0.3, -0.25) is 4.79 Å². The summed E-state index contributed by atoms with van der Waals surface area (Å²) in [4.78, 5) is 12.2. The number of nitrogens with one attached hydrogen (secondary N) is 2. The van der Waals surface area contributed by atoms with Crippen LogP contribution in [0.5, 0.6) is 0 Å². The van der Waals surface area contributed by atoms with E-state index in [4.69, 9.17) is 23.2 Å². The summed E-state index contributed by atoms with van der Waals surface area (Å²) in [5.74, 6) is -0.0663. The normalized spacial score (nSPS) is 12.2. The van der Waals surface area contributed by atoms with E-state index in [1.165, 1.54) is 6.92 Å². The first-order chi connectivity index (χ1) is 9.97. The molecule has 0 radical (unpaired) electrons. The lowest BCUT2D eigenvalue weighted by Crippen LogP contribution is -2.19. The van der Waals surface area contributed by atoms with Gasteiger partial charge in [0.05, 0.1) is 5.69 Å². The number of benzene rings is 1. The maximum Gasteiger partial charge on any atom is 0.221 e. The molecular formula is C15H16Cl2N2OS. The fourth-order valence-corrected chi connectivity index (χ4v) is 3.34. The highest BCUT2D eigenvalue weighted by atomic mass is 35.5. The van der Waals surface area contributed by atoms with E-state index in [9.17, 15) is 4.79 Å². The Morgan fingerprint density at radius 3 is 2.76 bits per heavy atom. The molecule has 1 aromatic heterocycles. The molecular weight excluding hydrogens is 327 g/mol. The van der Waals surface area contributed by atoms with Crippen molar-refractivity contribution in [3.63, 3.8) is 0 Å². The van der Waals surface area contributed by atoms with Crippen molar-refractivity contribution in [2.45, 2.75) is 26.4 Å². The molecule has 3 nitrogen and oxygen atoms in total. The van der Waals surface area contributed by atoms with E-state index in [1.807, 2.05) is 30.5 Å². The highest BCUT2D eigenvalue weighted by Crippen LogP contribution is 2.27. The molecule has 1 heterocycles. The summed E-state index contributed by atoms with van der Waals surface area (Å²) in [5, 5.41) is 9.47. The molecule has 6 heteroatoms. The second-order valence-corrected chi connectivity index (χ2v) is 6.55. The first-order valence-electron chi connectivity index (χ1n) is 6.49. The number of hydrogen-bond donors (Lipinski definition) is 2. The number of carbonyl (C=O) groups excluding carboxylic acids is 1. The molecule has 0 aliphatic rings. The van der Waals surface area contributed by atoms with Crippen LogP contribution in [0.1, 0.15) is 30.3 Å². The van der Waals surface area contributed by atoms with Crippen molar-refractivity contribution in [2.24, 2.45) is 0 Å². The summed E-state index contributed by atoms with van der Waals surface area (Å²) in [6.07, 6.45) is 0. The van der Waals surface area contributed by atoms with Gasteiger partial charge in [0.1, 0.15) is 0 Å². The average Bonchev–Trinajstić information content (AvgIpc) is 2.82. The Kier molecular flexibility index (Phi) is 5.65. The van der Waals surface area contributed by atoms with Gasteiger partial charge in [0.25, 0.3) is 0 Å². The maximum absolute atomic E-state index is 11.1. The molecule has 0 saturated heterocycles. The topological polar surface area (TPSA) is 41.1 Å². The molecule has 0 spiro atoms. The minimum Gasteiger partial charge on any atom is -0.325 e. The van der Waals surface area contributed by atoms with Gasteiger partial charge >= 0.3 is 0 Å². The zero-order valence-corrected chi connectivity index (χ0v) is 14.1. The third kappa shape index (κ3) is 4.45. The monoisotopic (exact) mass is 342 g/mol. The Morgan fingerprint density at radius 1 is 1.33 bits per heavy atom. The lowest BCUT2D eigenvalue weighted by molar-refractivity contribution is -0.114. The Hall–Kier alpha value is -1.07. The Balaban J connectivity index is 2.02. The van der Waals surface area contributed by atoms with Crippen LogP contribution in [0.3, 0.4) is 0 Å². The molecule has 2 rings (SSSR count). The van der Waals surface area contributed by atoms with Crippen LogP contribution < -0.4 is 10.6 Å². The number of amides is 1. The number of halogens is 2.